The fourth-order valence-corrected chi connectivity index (χ4v) is 3.57. The van der Waals surface area contributed by atoms with Gasteiger partial charge in [0, 0.05) is 5.41 Å². The predicted octanol–water partition coefficient (Wildman–Crippen LogP) is 6.14. The lowest BCUT2D eigenvalue weighted by Crippen LogP contribution is -2.48. The van der Waals surface area contributed by atoms with Crippen LogP contribution in [0.3, 0.4) is 0 Å². The second-order valence-corrected chi connectivity index (χ2v) is 8.44. The molecule has 2 heteroatoms. The molecule has 0 bridgehead atoms. The summed E-state index contributed by atoms with van der Waals surface area (Å²) in [6.45, 7) is 21.6. The highest BCUT2D eigenvalue weighted by Crippen LogP contribution is 2.50. The van der Waals surface area contributed by atoms with E-state index in [2.05, 4.69) is 79.7 Å². The van der Waals surface area contributed by atoms with Gasteiger partial charge >= 0.3 is 0 Å². The van der Waals surface area contributed by atoms with E-state index in [1.807, 2.05) is 13.8 Å². The molecule has 2 nitrogen and oxygen atoms in total. The topological polar surface area (TPSA) is 23.5 Å². The van der Waals surface area contributed by atoms with Crippen LogP contribution in [0.1, 0.15) is 75.7 Å². The van der Waals surface area contributed by atoms with Crippen LogP contribution in [-0.4, -0.2) is 21.3 Å². The van der Waals surface area contributed by atoms with Crippen LogP contribution in [0.5, 0.6) is 0 Å². The van der Waals surface area contributed by atoms with Crippen molar-refractivity contribution in [2.45, 2.75) is 86.7 Å². The monoisotopic (exact) mass is 319 g/mol. The second kappa shape index (κ2) is 6.22. The van der Waals surface area contributed by atoms with Crippen LogP contribution in [0.2, 0.25) is 0 Å². The molecule has 1 aliphatic carbocycles. The Morgan fingerprint density at radius 3 is 1.57 bits per heavy atom. The lowest BCUT2D eigenvalue weighted by Gasteiger charge is -2.41. The zero-order chi connectivity index (χ0) is 18.3. The molecule has 0 aromatic heterocycles. The first kappa shape index (κ1) is 20.2. The lowest BCUT2D eigenvalue weighted by atomic mass is 9.65. The number of hydroxylamine groups is 2. The van der Waals surface area contributed by atoms with Crippen molar-refractivity contribution in [3.8, 4) is 0 Å². The summed E-state index contributed by atoms with van der Waals surface area (Å²) in [7, 11) is 0. The van der Waals surface area contributed by atoms with Crippen molar-refractivity contribution in [1.29, 1.82) is 0 Å². The van der Waals surface area contributed by atoms with Gasteiger partial charge in [-0.3, -0.25) is 0 Å². The van der Waals surface area contributed by atoms with E-state index in [4.69, 9.17) is 0 Å². The van der Waals surface area contributed by atoms with Crippen LogP contribution in [0.25, 0.3) is 0 Å². The Bertz CT molecular complexity index is 496. The van der Waals surface area contributed by atoms with E-state index >= 15 is 0 Å². The Morgan fingerprint density at radius 1 is 0.913 bits per heavy atom. The van der Waals surface area contributed by atoms with E-state index in [1.165, 1.54) is 16.2 Å². The molecule has 1 heterocycles. The molecule has 2 aliphatic rings. The van der Waals surface area contributed by atoms with Crippen molar-refractivity contribution in [2.24, 2.45) is 10.8 Å². The molecule has 0 aromatic carbocycles. The average Bonchev–Trinajstić information content (AvgIpc) is 2.65. The van der Waals surface area contributed by atoms with Gasteiger partial charge in [0.25, 0.3) is 0 Å². The highest BCUT2D eigenvalue weighted by molar-refractivity contribution is 5.52. The standard InChI is InChI=1S/C19H31NO.C2H6/c1-9-16(2,3)19(8)12-10-14-15(11-13-19)18(6,7)20(21)17(14,4)5;1-2/h10-13,21H,9H2,1-8H3;1-2H3. The Labute approximate surface area is 143 Å². The smallest absolute Gasteiger partial charge is 0.0665 e. The van der Waals surface area contributed by atoms with E-state index < -0.39 is 0 Å². The van der Waals surface area contributed by atoms with Gasteiger partial charge in [0.2, 0.25) is 0 Å². The Hall–Kier alpha value is -0.860. The van der Waals surface area contributed by atoms with Gasteiger partial charge in [-0.1, -0.05) is 65.8 Å². The fourth-order valence-electron chi connectivity index (χ4n) is 3.57. The summed E-state index contributed by atoms with van der Waals surface area (Å²) < 4.78 is 0. The van der Waals surface area contributed by atoms with Gasteiger partial charge in [0.1, 0.15) is 0 Å². The van der Waals surface area contributed by atoms with E-state index in [-0.39, 0.29) is 21.9 Å². The molecule has 0 spiro atoms. The molecule has 0 unspecified atom stereocenters. The molecule has 0 amide bonds. The van der Waals surface area contributed by atoms with Gasteiger partial charge in [-0.2, -0.15) is 5.06 Å². The van der Waals surface area contributed by atoms with Crippen molar-refractivity contribution in [3.05, 3.63) is 35.5 Å². The zero-order valence-electron chi connectivity index (χ0n) is 16.9. The minimum absolute atomic E-state index is 0.0263. The van der Waals surface area contributed by atoms with Crippen molar-refractivity contribution >= 4 is 0 Å². The number of hydrogen-bond donors (Lipinski definition) is 1. The Kier molecular flexibility index (Phi) is 5.46. The van der Waals surface area contributed by atoms with Crippen LogP contribution in [-0.2, 0) is 0 Å². The molecule has 23 heavy (non-hydrogen) atoms. The summed E-state index contributed by atoms with van der Waals surface area (Å²) in [5.41, 5.74) is 1.96. The maximum absolute atomic E-state index is 10.6. The summed E-state index contributed by atoms with van der Waals surface area (Å²) in [6.07, 6.45) is 10.3. The van der Waals surface area contributed by atoms with Crippen LogP contribution >= 0.6 is 0 Å². The molecular formula is C21H37NO. The minimum atomic E-state index is -0.360. The molecule has 0 saturated heterocycles. The third-order valence-corrected chi connectivity index (χ3v) is 6.20. The van der Waals surface area contributed by atoms with Crippen molar-refractivity contribution in [3.63, 3.8) is 0 Å². The summed E-state index contributed by atoms with van der Waals surface area (Å²) in [4.78, 5) is 0. The van der Waals surface area contributed by atoms with E-state index in [9.17, 15) is 5.21 Å². The normalized spacial score (nSPS) is 24.8. The van der Waals surface area contributed by atoms with Gasteiger partial charge in [0.15, 0.2) is 0 Å². The summed E-state index contributed by atoms with van der Waals surface area (Å²) in [5.74, 6) is 0. The largest absolute Gasteiger partial charge is 0.312 e. The van der Waals surface area contributed by atoms with Gasteiger partial charge in [-0.15, -0.1) is 0 Å². The third-order valence-electron chi connectivity index (χ3n) is 6.20. The number of nitrogens with zero attached hydrogens (tertiary/aromatic N) is 1. The third kappa shape index (κ3) is 2.96. The molecule has 132 valence electrons. The van der Waals surface area contributed by atoms with Crippen molar-refractivity contribution in [2.75, 3.05) is 0 Å². The average molecular weight is 320 g/mol. The minimum Gasteiger partial charge on any atom is -0.312 e. The van der Waals surface area contributed by atoms with Crippen molar-refractivity contribution in [1.82, 2.24) is 5.06 Å². The molecule has 2 rings (SSSR count). The molecule has 0 fully saturated rings. The molecule has 0 aromatic rings. The van der Waals surface area contributed by atoms with Gasteiger partial charge < -0.3 is 5.21 Å². The molecule has 0 saturated carbocycles. The van der Waals surface area contributed by atoms with Crippen LogP contribution < -0.4 is 0 Å². The maximum Gasteiger partial charge on any atom is 0.0665 e. The zero-order valence-corrected chi connectivity index (χ0v) is 16.9. The fraction of sp³-hybridized carbons (Fsp3) is 0.714. The molecule has 1 N–H and O–H groups in total. The van der Waals surface area contributed by atoms with E-state index in [0.717, 1.165) is 6.42 Å². The lowest BCUT2D eigenvalue weighted by molar-refractivity contribution is -0.186. The van der Waals surface area contributed by atoms with Crippen LogP contribution in [0.4, 0.5) is 0 Å². The number of hydrogen-bond acceptors (Lipinski definition) is 2. The quantitative estimate of drug-likeness (QED) is 0.661. The first-order chi connectivity index (χ1) is 10.4. The first-order valence-electron chi connectivity index (χ1n) is 9.03. The summed E-state index contributed by atoms with van der Waals surface area (Å²) in [5, 5.41) is 12.1. The molecule has 1 aliphatic heterocycles. The van der Waals surface area contributed by atoms with Gasteiger partial charge in [-0.05, 0) is 50.7 Å². The van der Waals surface area contributed by atoms with E-state index in [0.29, 0.717) is 0 Å². The van der Waals surface area contributed by atoms with Crippen LogP contribution in [0, 0.1) is 10.8 Å². The van der Waals surface area contributed by atoms with Gasteiger partial charge in [-0.25, -0.2) is 0 Å². The summed E-state index contributed by atoms with van der Waals surface area (Å²) >= 11 is 0. The molecule has 0 atom stereocenters. The number of allylic oxidation sites excluding steroid dienone is 2. The predicted molar refractivity (Wildman–Crippen MR) is 101 cm³/mol. The Balaban J connectivity index is 0.00000127. The summed E-state index contributed by atoms with van der Waals surface area (Å²) in [6, 6.07) is 0. The number of rotatable bonds is 2. The highest BCUT2D eigenvalue weighted by atomic mass is 16.5. The second-order valence-electron chi connectivity index (χ2n) is 8.44. The van der Waals surface area contributed by atoms with Crippen molar-refractivity contribution < 1.29 is 5.21 Å². The SMILES string of the molecule is CC.CCC(C)(C)C1(C)C=CC2=C(C=C1)C(C)(C)N(O)C2(C)C. The van der Waals surface area contributed by atoms with E-state index in [1.54, 1.807) is 0 Å². The van der Waals surface area contributed by atoms with Gasteiger partial charge in [0.05, 0.1) is 11.1 Å². The highest BCUT2D eigenvalue weighted by Gasteiger charge is 2.50. The van der Waals surface area contributed by atoms with Crippen LogP contribution in [0.15, 0.2) is 35.5 Å². The Morgan fingerprint density at radius 2 is 1.26 bits per heavy atom. The maximum atomic E-state index is 10.6. The molecular weight excluding hydrogens is 282 g/mol. The molecule has 0 radical (unpaired) electrons. The first-order valence-corrected chi connectivity index (χ1v) is 9.03.